The Morgan fingerprint density at radius 2 is 2.07 bits per heavy atom. The van der Waals surface area contributed by atoms with Gasteiger partial charge in [-0.15, -0.1) is 0 Å². The van der Waals surface area contributed by atoms with Crippen LogP contribution in [0.1, 0.15) is 0 Å². The lowest BCUT2D eigenvalue weighted by Crippen LogP contribution is -2.37. The minimum Gasteiger partial charge on any atom is -0.313 e. The molecule has 1 amide bonds. The molecular weight excluding hydrogens is 282 g/mol. The molecule has 0 spiro atoms. The van der Waals surface area contributed by atoms with E-state index in [0.29, 0.717) is 5.69 Å². The average molecular weight is 290 g/mol. The fourth-order valence-corrected chi connectivity index (χ4v) is 3.30. The first-order valence-corrected chi connectivity index (χ1v) is 6.65. The molecule has 1 heterocycles. The summed E-state index contributed by atoms with van der Waals surface area (Å²) in [5, 5.41) is 0. The summed E-state index contributed by atoms with van der Waals surface area (Å²) in [6.45, 7) is 0. The SMILES string of the molecule is CN1C(=O)CS(=O)(=O)c2ccc(Br)cc21. The van der Waals surface area contributed by atoms with Gasteiger partial charge in [-0.05, 0) is 18.2 Å². The van der Waals surface area contributed by atoms with Gasteiger partial charge in [0.15, 0.2) is 9.84 Å². The second-order valence-electron chi connectivity index (χ2n) is 3.32. The molecule has 80 valence electrons. The van der Waals surface area contributed by atoms with Crippen LogP contribution < -0.4 is 4.90 Å². The van der Waals surface area contributed by atoms with E-state index in [9.17, 15) is 13.2 Å². The largest absolute Gasteiger partial charge is 0.313 e. The third kappa shape index (κ3) is 1.68. The van der Waals surface area contributed by atoms with Crippen molar-refractivity contribution in [1.29, 1.82) is 0 Å². The van der Waals surface area contributed by atoms with Gasteiger partial charge in [0, 0.05) is 11.5 Å². The number of amides is 1. The van der Waals surface area contributed by atoms with Crippen molar-refractivity contribution in [1.82, 2.24) is 0 Å². The lowest BCUT2D eigenvalue weighted by molar-refractivity contribution is -0.116. The standard InChI is InChI=1S/C9H8BrNO3S/c1-11-7-4-6(10)2-3-8(7)15(13,14)5-9(11)12/h2-4H,5H2,1H3. The van der Waals surface area contributed by atoms with Gasteiger partial charge in [0.1, 0.15) is 5.75 Å². The van der Waals surface area contributed by atoms with Gasteiger partial charge in [0.05, 0.1) is 10.6 Å². The normalized spacial score (nSPS) is 18.8. The van der Waals surface area contributed by atoms with E-state index in [1.165, 1.54) is 11.0 Å². The third-order valence-electron chi connectivity index (χ3n) is 2.30. The van der Waals surface area contributed by atoms with E-state index in [1.54, 1.807) is 19.2 Å². The van der Waals surface area contributed by atoms with Crippen molar-refractivity contribution >= 4 is 37.4 Å². The van der Waals surface area contributed by atoms with Crippen LogP contribution in [0, 0.1) is 0 Å². The number of anilines is 1. The molecule has 0 saturated carbocycles. The summed E-state index contributed by atoms with van der Waals surface area (Å²) in [6.07, 6.45) is 0. The van der Waals surface area contributed by atoms with Crippen molar-refractivity contribution in [2.24, 2.45) is 0 Å². The van der Waals surface area contributed by atoms with Crippen LogP contribution in [0.5, 0.6) is 0 Å². The lowest BCUT2D eigenvalue weighted by Gasteiger charge is -2.25. The predicted octanol–water partition coefficient (Wildman–Crippen LogP) is 1.20. The highest BCUT2D eigenvalue weighted by Gasteiger charge is 2.32. The maximum absolute atomic E-state index is 11.7. The van der Waals surface area contributed by atoms with E-state index in [1.807, 2.05) is 0 Å². The molecule has 0 fully saturated rings. The van der Waals surface area contributed by atoms with Gasteiger partial charge in [-0.3, -0.25) is 4.79 Å². The maximum Gasteiger partial charge on any atom is 0.242 e. The Balaban J connectivity index is 2.75. The van der Waals surface area contributed by atoms with Gasteiger partial charge in [-0.25, -0.2) is 8.42 Å². The molecule has 0 unspecified atom stereocenters. The van der Waals surface area contributed by atoms with Crippen molar-refractivity contribution in [2.75, 3.05) is 17.7 Å². The molecule has 2 rings (SSSR count). The Morgan fingerprint density at radius 1 is 1.40 bits per heavy atom. The molecule has 0 bridgehead atoms. The summed E-state index contributed by atoms with van der Waals surface area (Å²) in [5.41, 5.74) is 0.431. The monoisotopic (exact) mass is 289 g/mol. The minimum atomic E-state index is -3.45. The highest BCUT2D eigenvalue weighted by molar-refractivity contribution is 9.10. The molecule has 6 heteroatoms. The van der Waals surface area contributed by atoms with Crippen molar-refractivity contribution in [3.05, 3.63) is 22.7 Å². The Kier molecular flexibility index (Phi) is 2.35. The number of fused-ring (bicyclic) bond motifs is 1. The van der Waals surface area contributed by atoms with Gasteiger partial charge in [0.25, 0.3) is 0 Å². The van der Waals surface area contributed by atoms with Crippen LogP contribution in [0.15, 0.2) is 27.6 Å². The molecule has 0 N–H and O–H groups in total. The van der Waals surface area contributed by atoms with Crippen LogP contribution in [-0.4, -0.2) is 27.1 Å². The Morgan fingerprint density at radius 3 is 2.73 bits per heavy atom. The molecule has 15 heavy (non-hydrogen) atoms. The molecule has 0 atom stereocenters. The predicted molar refractivity (Wildman–Crippen MR) is 59.6 cm³/mol. The summed E-state index contributed by atoms with van der Waals surface area (Å²) < 4.78 is 24.1. The molecular formula is C9H8BrNO3S. The number of benzene rings is 1. The molecule has 1 aromatic carbocycles. The lowest BCUT2D eigenvalue weighted by atomic mass is 10.3. The third-order valence-corrected chi connectivity index (χ3v) is 4.44. The molecule has 0 saturated heterocycles. The smallest absolute Gasteiger partial charge is 0.242 e. The van der Waals surface area contributed by atoms with Crippen molar-refractivity contribution < 1.29 is 13.2 Å². The summed E-state index contributed by atoms with van der Waals surface area (Å²) in [7, 11) is -1.88. The number of hydrogen-bond acceptors (Lipinski definition) is 3. The van der Waals surface area contributed by atoms with Crippen molar-refractivity contribution in [2.45, 2.75) is 4.90 Å². The first-order chi connectivity index (χ1) is 6.92. The van der Waals surface area contributed by atoms with Crippen molar-refractivity contribution in [3.8, 4) is 0 Å². The van der Waals surface area contributed by atoms with Gasteiger partial charge in [0.2, 0.25) is 5.91 Å². The average Bonchev–Trinajstić information content (AvgIpc) is 2.13. The van der Waals surface area contributed by atoms with Crippen LogP contribution in [0.3, 0.4) is 0 Å². The van der Waals surface area contributed by atoms with Crippen LogP contribution in [-0.2, 0) is 14.6 Å². The van der Waals surface area contributed by atoms with E-state index < -0.39 is 21.5 Å². The van der Waals surface area contributed by atoms with E-state index in [0.717, 1.165) is 4.47 Å². The second kappa shape index (κ2) is 3.31. The van der Waals surface area contributed by atoms with Gasteiger partial charge < -0.3 is 4.90 Å². The quantitative estimate of drug-likeness (QED) is 0.721. The van der Waals surface area contributed by atoms with E-state index in [4.69, 9.17) is 0 Å². The van der Waals surface area contributed by atoms with Gasteiger partial charge in [-0.1, -0.05) is 15.9 Å². The first-order valence-electron chi connectivity index (χ1n) is 4.21. The maximum atomic E-state index is 11.7. The highest BCUT2D eigenvalue weighted by atomic mass is 79.9. The van der Waals surface area contributed by atoms with E-state index in [-0.39, 0.29) is 4.90 Å². The van der Waals surface area contributed by atoms with Crippen LogP contribution in [0.25, 0.3) is 0 Å². The number of rotatable bonds is 0. The van der Waals surface area contributed by atoms with E-state index in [2.05, 4.69) is 15.9 Å². The Hall–Kier alpha value is -0.880. The van der Waals surface area contributed by atoms with Crippen LogP contribution in [0.4, 0.5) is 5.69 Å². The molecule has 1 aromatic rings. The summed E-state index contributed by atoms with van der Waals surface area (Å²) >= 11 is 3.24. The molecule has 0 radical (unpaired) electrons. The van der Waals surface area contributed by atoms with E-state index >= 15 is 0 Å². The number of carbonyl (C=O) groups excluding carboxylic acids is 1. The molecule has 1 aliphatic rings. The van der Waals surface area contributed by atoms with Crippen LogP contribution >= 0.6 is 15.9 Å². The summed E-state index contributed by atoms with van der Waals surface area (Å²) in [4.78, 5) is 13.0. The Labute approximate surface area is 95.9 Å². The second-order valence-corrected chi connectivity index (χ2v) is 6.20. The number of hydrogen-bond donors (Lipinski definition) is 0. The molecule has 4 nitrogen and oxygen atoms in total. The highest BCUT2D eigenvalue weighted by Crippen LogP contribution is 2.32. The van der Waals surface area contributed by atoms with Crippen LogP contribution in [0.2, 0.25) is 0 Å². The van der Waals surface area contributed by atoms with Gasteiger partial charge >= 0.3 is 0 Å². The zero-order chi connectivity index (χ0) is 11.2. The zero-order valence-corrected chi connectivity index (χ0v) is 10.3. The molecule has 0 aromatic heterocycles. The van der Waals surface area contributed by atoms with Crippen molar-refractivity contribution in [3.63, 3.8) is 0 Å². The topological polar surface area (TPSA) is 54.5 Å². The number of sulfone groups is 1. The first kappa shape index (κ1) is 10.6. The fraction of sp³-hybridized carbons (Fsp3) is 0.222. The zero-order valence-electron chi connectivity index (χ0n) is 7.90. The number of carbonyl (C=O) groups is 1. The fourth-order valence-electron chi connectivity index (χ4n) is 1.49. The number of nitrogens with zero attached hydrogens (tertiary/aromatic N) is 1. The molecule has 1 aliphatic heterocycles. The minimum absolute atomic E-state index is 0.216. The summed E-state index contributed by atoms with van der Waals surface area (Å²) in [6, 6.07) is 4.79. The number of halogens is 1. The Bertz CT molecular complexity index is 538. The molecule has 0 aliphatic carbocycles. The summed E-state index contributed by atoms with van der Waals surface area (Å²) in [5.74, 6) is -0.849. The van der Waals surface area contributed by atoms with Gasteiger partial charge in [-0.2, -0.15) is 0 Å².